The van der Waals surface area contributed by atoms with E-state index in [1.165, 1.54) is 27.8 Å². The fraction of sp³-hybridized carbons (Fsp3) is 0.167. The molecule has 0 bridgehead atoms. The third-order valence-electron chi connectivity index (χ3n) is 4.45. The molecule has 0 unspecified atom stereocenters. The van der Waals surface area contributed by atoms with Gasteiger partial charge in [-0.3, -0.25) is 0 Å². The first-order valence-corrected chi connectivity index (χ1v) is 9.43. The highest BCUT2D eigenvalue weighted by atomic mass is 35.5. The van der Waals surface area contributed by atoms with Crippen LogP contribution in [0.5, 0.6) is 5.75 Å². The van der Waals surface area contributed by atoms with Gasteiger partial charge in [0.2, 0.25) is 0 Å². The summed E-state index contributed by atoms with van der Waals surface area (Å²) in [5.41, 5.74) is 7.20. The van der Waals surface area contributed by atoms with E-state index in [4.69, 9.17) is 11.6 Å². The second kappa shape index (κ2) is 8.73. The number of aromatic hydroxyl groups is 1. The molecule has 0 heterocycles. The SMILES string of the molecule is Cc1cccc(/C(=C(\CCCCl)c2ccccc2)c2ccc(O)cc2)c1. The quantitative estimate of drug-likeness (QED) is 0.383. The van der Waals surface area contributed by atoms with E-state index in [1.807, 2.05) is 18.2 Å². The summed E-state index contributed by atoms with van der Waals surface area (Å²) in [6, 6.07) is 26.5. The van der Waals surface area contributed by atoms with Gasteiger partial charge in [0.25, 0.3) is 0 Å². The zero-order valence-corrected chi connectivity index (χ0v) is 15.7. The maximum absolute atomic E-state index is 9.72. The molecule has 0 radical (unpaired) electrons. The molecule has 0 saturated carbocycles. The van der Waals surface area contributed by atoms with E-state index in [0.29, 0.717) is 5.88 Å². The van der Waals surface area contributed by atoms with E-state index in [9.17, 15) is 5.11 Å². The van der Waals surface area contributed by atoms with Gasteiger partial charge in [-0.2, -0.15) is 0 Å². The highest BCUT2D eigenvalue weighted by molar-refractivity contribution is 6.17. The Balaban J connectivity index is 2.27. The van der Waals surface area contributed by atoms with Gasteiger partial charge in [-0.15, -0.1) is 11.6 Å². The molecule has 0 aliphatic rings. The van der Waals surface area contributed by atoms with E-state index in [2.05, 4.69) is 55.5 Å². The van der Waals surface area contributed by atoms with Gasteiger partial charge in [-0.1, -0.05) is 72.3 Å². The largest absolute Gasteiger partial charge is 0.508 e. The molecule has 0 saturated heterocycles. The Morgan fingerprint density at radius 2 is 1.50 bits per heavy atom. The Labute approximate surface area is 160 Å². The van der Waals surface area contributed by atoms with Crippen LogP contribution in [0.2, 0.25) is 0 Å². The third kappa shape index (κ3) is 4.36. The fourth-order valence-electron chi connectivity index (χ4n) is 3.24. The predicted molar refractivity (Wildman–Crippen MR) is 112 cm³/mol. The van der Waals surface area contributed by atoms with Crippen LogP contribution in [0.4, 0.5) is 0 Å². The normalized spacial score (nSPS) is 11.9. The number of hydrogen-bond donors (Lipinski definition) is 1. The zero-order chi connectivity index (χ0) is 18.4. The topological polar surface area (TPSA) is 20.2 Å². The molecule has 0 spiro atoms. The highest BCUT2D eigenvalue weighted by Crippen LogP contribution is 2.36. The molecule has 2 heteroatoms. The van der Waals surface area contributed by atoms with Gasteiger partial charge in [0.15, 0.2) is 0 Å². The molecule has 0 amide bonds. The molecular formula is C24H23ClO. The first kappa shape index (κ1) is 18.3. The average Bonchev–Trinajstić information content (AvgIpc) is 2.67. The lowest BCUT2D eigenvalue weighted by atomic mass is 9.87. The first-order chi connectivity index (χ1) is 12.7. The summed E-state index contributed by atoms with van der Waals surface area (Å²) in [4.78, 5) is 0. The van der Waals surface area contributed by atoms with Crippen molar-refractivity contribution in [1.82, 2.24) is 0 Å². The van der Waals surface area contributed by atoms with Gasteiger partial charge in [0.1, 0.15) is 5.75 Å². The van der Waals surface area contributed by atoms with Crippen LogP contribution in [-0.4, -0.2) is 11.0 Å². The third-order valence-corrected chi connectivity index (χ3v) is 4.71. The van der Waals surface area contributed by atoms with E-state index in [0.717, 1.165) is 18.4 Å². The summed E-state index contributed by atoms with van der Waals surface area (Å²) in [6.45, 7) is 2.11. The minimum Gasteiger partial charge on any atom is -0.508 e. The van der Waals surface area contributed by atoms with Crippen LogP contribution in [0.3, 0.4) is 0 Å². The summed E-state index contributed by atoms with van der Waals surface area (Å²) in [7, 11) is 0. The number of allylic oxidation sites excluding steroid dienone is 1. The summed E-state index contributed by atoms with van der Waals surface area (Å²) in [5, 5.41) is 9.72. The molecule has 132 valence electrons. The van der Waals surface area contributed by atoms with Crippen LogP contribution in [0.15, 0.2) is 78.9 Å². The molecule has 26 heavy (non-hydrogen) atoms. The minimum atomic E-state index is 0.277. The number of alkyl halides is 1. The van der Waals surface area contributed by atoms with Crippen LogP contribution in [0.1, 0.15) is 35.1 Å². The first-order valence-electron chi connectivity index (χ1n) is 8.90. The Hall–Kier alpha value is -2.51. The summed E-state index contributed by atoms with van der Waals surface area (Å²) in [6.07, 6.45) is 1.82. The second-order valence-electron chi connectivity index (χ2n) is 6.43. The summed E-state index contributed by atoms with van der Waals surface area (Å²) < 4.78 is 0. The van der Waals surface area contributed by atoms with Gasteiger partial charge in [0.05, 0.1) is 0 Å². The Kier molecular flexibility index (Phi) is 6.14. The lowest BCUT2D eigenvalue weighted by molar-refractivity contribution is 0.475. The van der Waals surface area contributed by atoms with Gasteiger partial charge in [0, 0.05) is 5.88 Å². The number of aryl methyl sites for hydroxylation is 1. The lowest BCUT2D eigenvalue weighted by Gasteiger charge is -2.18. The zero-order valence-electron chi connectivity index (χ0n) is 15.0. The van der Waals surface area contributed by atoms with Crippen LogP contribution in [0, 0.1) is 6.92 Å². The maximum atomic E-state index is 9.72. The van der Waals surface area contributed by atoms with Crippen LogP contribution in [-0.2, 0) is 0 Å². The van der Waals surface area contributed by atoms with Gasteiger partial charge in [-0.05, 0) is 59.7 Å². The number of hydrogen-bond acceptors (Lipinski definition) is 1. The Bertz CT molecular complexity index is 880. The van der Waals surface area contributed by atoms with Gasteiger partial charge >= 0.3 is 0 Å². The van der Waals surface area contributed by atoms with Crippen molar-refractivity contribution in [2.24, 2.45) is 0 Å². The number of rotatable bonds is 6. The molecule has 0 atom stereocenters. The molecule has 0 fully saturated rings. The fourth-order valence-corrected chi connectivity index (χ4v) is 3.37. The standard InChI is InChI=1S/C24H23ClO/c1-18-7-5-10-21(17-18)24(20-12-14-22(26)15-13-20)23(11-6-16-25)19-8-3-2-4-9-19/h2-5,7-10,12-15,17,26H,6,11,16H2,1H3/b24-23+. The van der Waals surface area contributed by atoms with Crippen molar-refractivity contribution < 1.29 is 5.11 Å². The highest BCUT2D eigenvalue weighted by Gasteiger charge is 2.14. The molecule has 3 rings (SSSR count). The van der Waals surface area contributed by atoms with Crippen molar-refractivity contribution in [3.05, 3.63) is 101 Å². The van der Waals surface area contributed by atoms with E-state index < -0.39 is 0 Å². The summed E-state index contributed by atoms with van der Waals surface area (Å²) >= 11 is 6.02. The number of phenols is 1. The monoisotopic (exact) mass is 362 g/mol. The molecule has 0 aromatic heterocycles. The predicted octanol–water partition coefficient (Wildman–Crippen LogP) is 6.68. The van der Waals surface area contributed by atoms with Crippen molar-refractivity contribution in [2.45, 2.75) is 19.8 Å². The van der Waals surface area contributed by atoms with Crippen molar-refractivity contribution >= 4 is 22.7 Å². The average molecular weight is 363 g/mol. The van der Waals surface area contributed by atoms with Gasteiger partial charge in [-0.25, -0.2) is 0 Å². The van der Waals surface area contributed by atoms with Crippen molar-refractivity contribution in [3.8, 4) is 5.75 Å². The lowest BCUT2D eigenvalue weighted by Crippen LogP contribution is -1.97. The number of phenolic OH excluding ortho intramolecular Hbond substituents is 1. The van der Waals surface area contributed by atoms with Crippen molar-refractivity contribution in [2.75, 3.05) is 5.88 Å². The minimum absolute atomic E-state index is 0.277. The van der Waals surface area contributed by atoms with Crippen LogP contribution < -0.4 is 0 Å². The molecule has 3 aromatic rings. The number of halogens is 1. The summed E-state index contributed by atoms with van der Waals surface area (Å²) in [5.74, 6) is 0.909. The molecular weight excluding hydrogens is 340 g/mol. The number of benzene rings is 3. The van der Waals surface area contributed by atoms with Crippen molar-refractivity contribution in [1.29, 1.82) is 0 Å². The Morgan fingerprint density at radius 3 is 2.15 bits per heavy atom. The van der Waals surface area contributed by atoms with E-state index in [-0.39, 0.29) is 5.75 Å². The van der Waals surface area contributed by atoms with Gasteiger partial charge < -0.3 is 5.11 Å². The molecule has 1 N–H and O–H groups in total. The molecule has 0 aliphatic heterocycles. The smallest absolute Gasteiger partial charge is 0.115 e. The second-order valence-corrected chi connectivity index (χ2v) is 6.81. The molecule has 3 aromatic carbocycles. The molecule has 0 aliphatic carbocycles. The Morgan fingerprint density at radius 1 is 0.808 bits per heavy atom. The van der Waals surface area contributed by atoms with Crippen LogP contribution >= 0.6 is 11.6 Å². The van der Waals surface area contributed by atoms with Crippen molar-refractivity contribution in [3.63, 3.8) is 0 Å². The maximum Gasteiger partial charge on any atom is 0.115 e. The van der Waals surface area contributed by atoms with E-state index in [1.54, 1.807) is 12.1 Å². The molecule has 1 nitrogen and oxygen atoms in total. The van der Waals surface area contributed by atoms with E-state index >= 15 is 0 Å². The van der Waals surface area contributed by atoms with Crippen LogP contribution in [0.25, 0.3) is 11.1 Å².